The van der Waals surface area contributed by atoms with E-state index in [4.69, 9.17) is 13.7 Å². The van der Waals surface area contributed by atoms with Gasteiger partial charge in [-0.2, -0.15) is 0 Å². The molecule has 37 heavy (non-hydrogen) atoms. The summed E-state index contributed by atoms with van der Waals surface area (Å²) in [6.07, 6.45) is 3.42. The van der Waals surface area contributed by atoms with E-state index in [1.807, 2.05) is 77.1 Å². The fraction of sp³-hybridized carbons (Fsp3) is 0.333. The van der Waals surface area contributed by atoms with Gasteiger partial charge in [0.2, 0.25) is 0 Å². The molecule has 2 aromatic carbocycles. The third-order valence-electron chi connectivity index (χ3n) is 7.62. The lowest BCUT2D eigenvalue weighted by Gasteiger charge is -2.32. The molecule has 1 aliphatic heterocycles. The second-order valence-electron chi connectivity index (χ2n) is 10.9. The van der Waals surface area contributed by atoms with Crippen molar-refractivity contribution < 1.29 is 13.7 Å². The minimum absolute atomic E-state index is 0.0325. The van der Waals surface area contributed by atoms with Crippen molar-refractivity contribution in [2.45, 2.75) is 65.7 Å². The second kappa shape index (κ2) is 9.16. The van der Waals surface area contributed by atoms with E-state index in [0.29, 0.717) is 22.3 Å². The monoisotopic (exact) mass is 496 g/mol. The van der Waals surface area contributed by atoms with Gasteiger partial charge in [0.15, 0.2) is 5.43 Å². The summed E-state index contributed by atoms with van der Waals surface area (Å²) in [5, 5.41) is 4.21. The molecule has 1 saturated heterocycles. The number of nitrogens with zero attached hydrogens (tertiary/aromatic N) is 1. The summed E-state index contributed by atoms with van der Waals surface area (Å²) in [4.78, 5) is 17.6. The first-order valence-electron chi connectivity index (χ1n) is 12.7. The first-order valence-corrected chi connectivity index (χ1v) is 12.7. The molecule has 1 fully saturated rings. The minimum atomic E-state index is -0.493. The van der Waals surface area contributed by atoms with Gasteiger partial charge in [-0.15, -0.1) is 0 Å². The molecule has 1 N–H and O–H groups in total. The molecule has 6 nitrogen and oxygen atoms in total. The third-order valence-corrected chi connectivity index (χ3v) is 7.62. The van der Waals surface area contributed by atoms with Crippen molar-refractivity contribution in [2.75, 3.05) is 5.32 Å². The van der Waals surface area contributed by atoms with E-state index >= 15 is 0 Å². The molecule has 0 aliphatic carbocycles. The topological polar surface area (TPSA) is 73.6 Å². The normalized spacial score (nSPS) is 17.2. The lowest BCUT2D eigenvalue weighted by Crippen LogP contribution is -2.41. The maximum atomic E-state index is 13.4. The average molecular weight is 496 g/mol. The fourth-order valence-electron chi connectivity index (χ4n) is 4.78. The number of aryl methyl sites for hydroxylation is 1. The molecule has 1 unspecified atom stereocenters. The molecule has 0 radical (unpaired) electrons. The Bertz CT molecular complexity index is 1510. The standard InChI is InChI=1S/C30H33BN2O4/c1-18-15-22(28-23(16-18)26(34)19(2)27(35-28)21-11-10-14-32-17-21)20(3)33-25-13-9-8-12-24(25)31-36-29(4,5)30(6,7)37-31/h8-17,20,33H,1-7H3. The highest BCUT2D eigenvalue weighted by molar-refractivity contribution is 6.64. The van der Waals surface area contributed by atoms with E-state index in [1.54, 1.807) is 19.3 Å². The van der Waals surface area contributed by atoms with Crippen LogP contribution in [-0.4, -0.2) is 23.3 Å². The molecular weight excluding hydrogens is 463 g/mol. The number of benzene rings is 2. The van der Waals surface area contributed by atoms with Crippen LogP contribution in [0.25, 0.3) is 22.3 Å². The molecule has 5 rings (SSSR count). The van der Waals surface area contributed by atoms with Crippen LogP contribution in [0.2, 0.25) is 0 Å². The maximum absolute atomic E-state index is 13.4. The lowest BCUT2D eigenvalue weighted by molar-refractivity contribution is 0.00578. The molecule has 0 spiro atoms. The van der Waals surface area contributed by atoms with Crippen LogP contribution in [0, 0.1) is 13.8 Å². The van der Waals surface area contributed by atoms with Crippen LogP contribution in [0.1, 0.15) is 57.4 Å². The number of rotatable bonds is 5. The molecule has 190 valence electrons. The summed E-state index contributed by atoms with van der Waals surface area (Å²) in [7, 11) is -0.493. The van der Waals surface area contributed by atoms with E-state index in [0.717, 1.165) is 27.8 Å². The van der Waals surface area contributed by atoms with Crippen LogP contribution in [0.5, 0.6) is 0 Å². The van der Waals surface area contributed by atoms with Crippen molar-refractivity contribution in [1.82, 2.24) is 4.98 Å². The molecule has 7 heteroatoms. The fourth-order valence-corrected chi connectivity index (χ4v) is 4.78. The van der Waals surface area contributed by atoms with E-state index in [1.165, 1.54) is 0 Å². The molecule has 4 aromatic rings. The van der Waals surface area contributed by atoms with Crippen LogP contribution in [-0.2, 0) is 9.31 Å². The molecule has 1 aliphatic rings. The quantitative estimate of drug-likeness (QED) is 0.345. The lowest BCUT2D eigenvalue weighted by atomic mass is 9.77. The minimum Gasteiger partial charge on any atom is -0.455 e. The molecular formula is C30H33BN2O4. The highest BCUT2D eigenvalue weighted by Crippen LogP contribution is 2.37. The predicted octanol–water partition coefficient (Wildman–Crippen LogP) is 5.94. The zero-order chi connectivity index (χ0) is 26.5. The van der Waals surface area contributed by atoms with Gasteiger partial charge in [-0.3, -0.25) is 9.78 Å². The second-order valence-corrected chi connectivity index (χ2v) is 10.9. The Morgan fingerprint density at radius 1 is 0.973 bits per heavy atom. The predicted molar refractivity (Wildman–Crippen MR) is 149 cm³/mol. The van der Waals surface area contributed by atoms with Crippen LogP contribution in [0.3, 0.4) is 0 Å². The van der Waals surface area contributed by atoms with E-state index in [2.05, 4.69) is 23.3 Å². The summed E-state index contributed by atoms with van der Waals surface area (Å²) in [5.74, 6) is 0.542. The largest absolute Gasteiger partial charge is 0.496 e. The number of hydrogen-bond donors (Lipinski definition) is 1. The molecule has 0 amide bonds. The molecule has 1 atom stereocenters. The number of para-hydroxylation sites is 1. The highest BCUT2D eigenvalue weighted by Gasteiger charge is 2.52. The van der Waals surface area contributed by atoms with Crippen molar-refractivity contribution in [2.24, 2.45) is 0 Å². The zero-order valence-electron chi connectivity index (χ0n) is 22.5. The Morgan fingerprint density at radius 3 is 2.35 bits per heavy atom. The smallest absolute Gasteiger partial charge is 0.455 e. The van der Waals surface area contributed by atoms with Crippen LogP contribution in [0.15, 0.2) is 70.1 Å². The summed E-state index contributed by atoms with van der Waals surface area (Å²) < 4.78 is 19.1. The Balaban J connectivity index is 1.57. The number of aromatic nitrogens is 1. The van der Waals surface area contributed by atoms with Crippen molar-refractivity contribution in [3.8, 4) is 11.3 Å². The van der Waals surface area contributed by atoms with Gasteiger partial charge in [0, 0.05) is 40.2 Å². The molecule has 2 aromatic heterocycles. The van der Waals surface area contributed by atoms with Crippen LogP contribution >= 0.6 is 0 Å². The molecule has 0 saturated carbocycles. The first-order chi connectivity index (χ1) is 17.5. The van der Waals surface area contributed by atoms with Gasteiger partial charge in [0.05, 0.1) is 22.6 Å². The van der Waals surface area contributed by atoms with E-state index in [-0.39, 0.29) is 11.5 Å². The van der Waals surface area contributed by atoms with Gasteiger partial charge in [0.1, 0.15) is 11.3 Å². The van der Waals surface area contributed by atoms with Gasteiger partial charge in [-0.25, -0.2) is 0 Å². The number of nitrogens with one attached hydrogen (secondary N) is 1. The van der Waals surface area contributed by atoms with Crippen molar-refractivity contribution >= 4 is 29.2 Å². The summed E-state index contributed by atoms with van der Waals surface area (Å²) in [6.45, 7) is 14.1. The number of fused-ring (bicyclic) bond motifs is 1. The summed E-state index contributed by atoms with van der Waals surface area (Å²) in [5.41, 5.74) is 4.75. The van der Waals surface area contributed by atoms with Crippen molar-refractivity contribution in [3.05, 3.63) is 87.8 Å². The Hall–Kier alpha value is -3.42. The first kappa shape index (κ1) is 25.2. The summed E-state index contributed by atoms with van der Waals surface area (Å²) in [6, 6.07) is 15.6. The van der Waals surface area contributed by atoms with E-state index in [9.17, 15) is 4.79 Å². The van der Waals surface area contributed by atoms with Gasteiger partial charge < -0.3 is 19.0 Å². The molecule has 3 heterocycles. The Morgan fingerprint density at radius 2 is 1.68 bits per heavy atom. The summed E-state index contributed by atoms with van der Waals surface area (Å²) >= 11 is 0. The average Bonchev–Trinajstić information content (AvgIpc) is 3.08. The number of hydrogen-bond acceptors (Lipinski definition) is 6. The third kappa shape index (κ3) is 4.47. The highest BCUT2D eigenvalue weighted by atomic mass is 16.7. The van der Waals surface area contributed by atoms with Gasteiger partial charge in [0.25, 0.3) is 0 Å². The SMILES string of the molecule is Cc1cc(C(C)Nc2ccccc2B2OC(C)(C)C(C)(C)O2)c2oc(-c3cccnc3)c(C)c(=O)c2c1. The van der Waals surface area contributed by atoms with Crippen LogP contribution in [0.4, 0.5) is 5.69 Å². The molecule has 0 bridgehead atoms. The van der Waals surface area contributed by atoms with Crippen LogP contribution < -0.4 is 16.2 Å². The Labute approximate surface area is 218 Å². The maximum Gasteiger partial charge on any atom is 0.496 e. The van der Waals surface area contributed by atoms with Gasteiger partial charge in [-0.1, -0.05) is 24.3 Å². The zero-order valence-corrected chi connectivity index (χ0v) is 22.5. The number of anilines is 1. The van der Waals surface area contributed by atoms with E-state index < -0.39 is 18.3 Å². The van der Waals surface area contributed by atoms with Crippen molar-refractivity contribution in [3.63, 3.8) is 0 Å². The van der Waals surface area contributed by atoms with Gasteiger partial charge >= 0.3 is 7.12 Å². The van der Waals surface area contributed by atoms with Crippen molar-refractivity contribution in [1.29, 1.82) is 0 Å². The Kier molecular flexibility index (Phi) is 6.25. The van der Waals surface area contributed by atoms with Gasteiger partial charge in [-0.05, 0) is 78.3 Å². The number of pyridine rings is 1.